The van der Waals surface area contributed by atoms with Gasteiger partial charge in [0.15, 0.2) is 0 Å². The van der Waals surface area contributed by atoms with Crippen LogP contribution in [0.5, 0.6) is 0 Å². The molecule has 0 aromatic carbocycles. The first-order valence-electron chi connectivity index (χ1n) is 6.50. The summed E-state index contributed by atoms with van der Waals surface area (Å²) < 4.78 is 43.4. The fourth-order valence-corrected chi connectivity index (χ4v) is 2.47. The molecule has 1 heterocycles. The van der Waals surface area contributed by atoms with Crippen LogP contribution < -0.4 is 11.1 Å². The molecule has 21 heavy (non-hydrogen) atoms. The van der Waals surface area contributed by atoms with Gasteiger partial charge >= 0.3 is 6.18 Å². The third-order valence-corrected chi connectivity index (χ3v) is 3.53. The highest BCUT2D eigenvalue weighted by Gasteiger charge is 2.34. The zero-order valence-electron chi connectivity index (χ0n) is 11.4. The Hall–Kier alpha value is -1.83. The summed E-state index contributed by atoms with van der Waals surface area (Å²) in [5.41, 5.74) is 4.05. The first kappa shape index (κ1) is 15.6. The van der Waals surface area contributed by atoms with Crippen molar-refractivity contribution in [2.24, 2.45) is 5.73 Å². The van der Waals surface area contributed by atoms with Crippen LogP contribution in [0.25, 0.3) is 0 Å². The Morgan fingerprint density at radius 1 is 1.43 bits per heavy atom. The molecule has 1 aromatic rings. The summed E-state index contributed by atoms with van der Waals surface area (Å²) in [7, 11) is 1.54. The van der Waals surface area contributed by atoms with Gasteiger partial charge in [0.25, 0.3) is 5.91 Å². The van der Waals surface area contributed by atoms with Crippen molar-refractivity contribution in [3.05, 3.63) is 23.4 Å². The summed E-state index contributed by atoms with van der Waals surface area (Å²) in [6.45, 7) is 0. The van der Waals surface area contributed by atoms with Gasteiger partial charge in [0, 0.05) is 7.11 Å². The maximum atomic E-state index is 12.7. The maximum Gasteiger partial charge on any atom is 0.433 e. The van der Waals surface area contributed by atoms with Crippen molar-refractivity contribution in [1.29, 1.82) is 0 Å². The smallest absolute Gasteiger partial charge is 0.379 e. The number of halogens is 3. The number of rotatable bonds is 4. The van der Waals surface area contributed by atoms with Gasteiger partial charge in [-0.15, -0.1) is 0 Å². The van der Waals surface area contributed by atoms with Crippen molar-refractivity contribution < 1.29 is 22.7 Å². The van der Waals surface area contributed by atoms with Gasteiger partial charge < -0.3 is 15.8 Å². The van der Waals surface area contributed by atoms with Gasteiger partial charge in [-0.2, -0.15) is 13.2 Å². The molecule has 0 aliphatic heterocycles. The molecule has 0 bridgehead atoms. The molecule has 3 N–H and O–H groups in total. The van der Waals surface area contributed by atoms with Gasteiger partial charge in [0.05, 0.1) is 17.7 Å². The van der Waals surface area contributed by atoms with E-state index in [0.29, 0.717) is 0 Å². The number of nitrogens with two attached hydrogens (primary N) is 1. The van der Waals surface area contributed by atoms with Crippen molar-refractivity contribution in [2.75, 3.05) is 12.4 Å². The summed E-state index contributed by atoms with van der Waals surface area (Å²) in [6.07, 6.45) is -2.28. The lowest BCUT2D eigenvalue weighted by atomic mass is 10.1. The third-order valence-electron chi connectivity index (χ3n) is 3.53. The highest BCUT2D eigenvalue weighted by atomic mass is 19.4. The van der Waals surface area contributed by atoms with Crippen LogP contribution >= 0.6 is 0 Å². The lowest BCUT2D eigenvalue weighted by molar-refractivity contribution is -0.141. The number of nitrogens with one attached hydrogen (secondary N) is 1. The highest BCUT2D eigenvalue weighted by molar-refractivity contribution is 5.97. The number of nitrogens with zero attached hydrogens (tertiary/aromatic N) is 1. The molecule has 1 aromatic heterocycles. The molecular weight excluding hydrogens is 287 g/mol. The SMILES string of the molecule is COC1CCCC1Nc1nc(C(F)(F)F)ccc1C(N)=O. The normalized spacial score (nSPS) is 22.3. The van der Waals surface area contributed by atoms with E-state index < -0.39 is 17.8 Å². The third kappa shape index (κ3) is 3.44. The molecule has 1 aliphatic carbocycles. The Labute approximate surface area is 119 Å². The minimum absolute atomic E-state index is 0.0650. The van der Waals surface area contributed by atoms with E-state index >= 15 is 0 Å². The number of pyridine rings is 1. The average molecular weight is 303 g/mol. The quantitative estimate of drug-likeness (QED) is 0.893. The predicted octanol–water partition coefficient (Wildman–Crippen LogP) is 2.18. The van der Waals surface area contributed by atoms with Crippen molar-refractivity contribution in [1.82, 2.24) is 4.98 Å². The number of carbonyl (C=O) groups excluding carboxylic acids is 1. The van der Waals surface area contributed by atoms with Crippen molar-refractivity contribution in [3.8, 4) is 0 Å². The Morgan fingerprint density at radius 2 is 2.14 bits per heavy atom. The zero-order valence-corrected chi connectivity index (χ0v) is 11.4. The molecule has 8 heteroatoms. The van der Waals surface area contributed by atoms with E-state index in [1.807, 2.05) is 0 Å². The number of primary amides is 1. The molecule has 1 fully saturated rings. The Morgan fingerprint density at radius 3 is 2.71 bits per heavy atom. The van der Waals surface area contributed by atoms with Crippen LogP contribution in [0.4, 0.5) is 19.0 Å². The van der Waals surface area contributed by atoms with E-state index in [9.17, 15) is 18.0 Å². The number of hydrogen-bond acceptors (Lipinski definition) is 4. The van der Waals surface area contributed by atoms with E-state index in [4.69, 9.17) is 10.5 Å². The number of aromatic nitrogens is 1. The number of amides is 1. The van der Waals surface area contributed by atoms with E-state index in [2.05, 4.69) is 10.3 Å². The fourth-order valence-electron chi connectivity index (χ4n) is 2.47. The van der Waals surface area contributed by atoms with Crippen molar-refractivity contribution in [3.63, 3.8) is 0 Å². The van der Waals surface area contributed by atoms with Gasteiger partial charge in [-0.05, 0) is 31.4 Å². The first-order valence-corrected chi connectivity index (χ1v) is 6.50. The van der Waals surface area contributed by atoms with Crippen LogP contribution in [0.3, 0.4) is 0 Å². The second-order valence-corrected chi connectivity index (χ2v) is 4.91. The fraction of sp³-hybridized carbons (Fsp3) is 0.538. The summed E-state index contributed by atoms with van der Waals surface area (Å²) in [6, 6.07) is 1.59. The van der Waals surface area contributed by atoms with Crippen LogP contribution in [0.2, 0.25) is 0 Å². The summed E-state index contributed by atoms with van der Waals surface area (Å²) in [5, 5.41) is 2.87. The molecule has 1 saturated carbocycles. The van der Waals surface area contributed by atoms with E-state index in [1.54, 1.807) is 7.11 Å². The average Bonchev–Trinajstić information content (AvgIpc) is 2.84. The summed E-state index contributed by atoms with van der Waals surface area (Å²) >= 11 is 0. The van der Waals surface area contributed by atoms with Gasteiger partial charge in [0.1, 0.15) is 11.5 Å². The molecule has 1 amide bonds. The number of anilines is 1. The first-order chi connectivity index (χ1) is 9.82. The Bertz CT molecular complexity index is 534. The topological polar surface area (TPSA) is 77.2 Å². The molecule has 116 valence electrons. The van der Waals surface area contributed by atoms with Crippen molar-refractivity contribution >= 4 is 11.7 Å². The molecule has 0 saturated heterocycles. The van der Waals surface area contributed by atoms with E-state index in [1.165, 1.54) is 0 Å². The van der Waals surface area contributed by atoms with E-state index in [0.717, 1.165) is 31.4 Å². The molecule has 1 aliphatic rings. The predicted molar refractivity (Wildman–Crippen MR) is 69.8 cm³/mol. The second-order valence-electron chi connectivity index (χ2n) is 4.91. The van der Waals surface area contributed by atoms with Gasteiger partial charge in [0.2, 0.25) is 0 Å². The van der Waals surface area contributed by atoms with Crippen LogP contribution in [-0.2, 0) is 10.9 Å². The second kappa shape index (κ2) is 5.88. The molecule has 2 atom stereocenters. The van der Waals surface area contributed by atoms with Gasteiger partial charge in [-0.3, -0.25) is 4.79 Å². The monoisotopic (exact) mass is 303 g/mol. The molecule has 2 rings (SSSR count). The summed E-state index contributed by atoms with van der Waals surface area (Å²) in [4.78, 5) is 14.8. The standard InChI is InChI=1S/C13H16F3N3O2/c1-21-9-4-2-3-8(9)18-12-7(11(17)20)5-6-10(19-12)13(14,15)16/h5-6,8-9H,2-4H2,1H3,(H2,17,20)(H,18,19). The molecule has 0 radical (unpaired) electrons. The Kier molecular flexibility index (Phi) is 4.36. The van der Waals surface area contributed by atoms with Crippen LogP contribution in [0.15, 0.2) is 12.1 Å². The number of hydrogen-bond donors (Lipinski definition) is 2. The number of methoxy groups -OCH3 is 1. The minimum atomic E-state index is -4.58. The molecule has 5 nitrogen and oxygen atoms in total. The lowest BCUT2D eigenvalue weighted by Gasteiger charge is -2.22. The molecular formula is C13H16F3N3O2. The van der Waals surface area contributed by atoms with Crippen LogP contribution in [0.1, 0.15) is 35.3 Å². The zero-order chi connectivity index (χ0) is 15.6. The molecule has 2 unspecified atom stereocenters. The van der Waals surface area contributed by atoms with Crippen LogP contribution in [0, 0.1) is 0 Å². The minimum Gasteiger partial charge on any atom is -0.379 e. The van der Waals surface area contributed by atoms with E-state index in [-0.39, 0.29) is 23.5 Å². The number of carbonyl (C=O) groups is 1. The maximum absolute atomic E-state index is 12.7. The largest absolute Gasteiger partial charge is 0.433 e. The van der Waals surface area contributed by atoms with Crippen LogP contribution in [-0.4, -0.2) is 30.1 Å². The molecule has 0 spiro atoms. The number of ether oxygens (including phenoxy) is 1. The van der Waals surface area contributed by atoms with Crippen molar-refractivity contribution in [2.45, 2.75) is 37.6 Å². The Balaban J connectivity index is 2.32. The van der Waals surface area contributed by atoms with Gasteiger partial charge in [-0.1, -0.05) is 0 Å². The lowest BCUT2D eigenvalue weighted by Crippen LogP contribution is -2.31. The highest BCUT2D eigenvalue weighted by Crippen LogP contribution is 2.31. The summed E-state index contributed by atoms with van der Waals surface area (Å²) in [5.74, 6) is -0.975. The number of alkyl halides is 3. The van der Waals surface area contributed by atoms with Gasteiger partial charge in [-0.25, -0.2) is 4.98 Å².